The van der Waals surface area contributed by atoms with Gasteiger partial charge in [-0.15, -0.1) is 11.3 Å². The van der Waals surface area contributed by atoms with Crippen LogP contribution in [0.1, 0.15) is 12.0 Å². The molecule has 9 nitrogen and oxygen atoms in total. The zero-order valence-electron chi connectivity index (χ0n) is 18.4. The van der Waals surface area contributed by atoms with Gasteiger partial charge in [-0.2, -0.15) is 5.10 Å². The zero-order valence-corrected chi connectivity index (χ0v) is 19.2. The second-order valence-electron chi connectivity index (χ2n) is 7.61. The summed E-state index contributed by atoms with van der Waals surface area (Å²) in [6.07, 6.45) is 5.40. The largest absolute Gasteiger partial charge is 0.383 e. The molecule has 1 amide bonds. The van der Waals surface area contributed by atoms with Crippen LogP contribution in [0.25, 0.3) is 22.0 Å². The van der Waals surface area contributed by atoms with Crippen LogP contribution in [0.15, 0.2) is 60.4 Å². The third kappa shape index (κ3) is 5.79. The van der Waals surface area contributed by atoms with Crippen molar-refractivity contribution >= 4 is 23.2 Å². The smallest absolute Gasteiger partial charge is 0.251 e. The zero-order chi connectivity index (χ0) is 23.2. The standard InChI is InChI=1S/C18H16N6S.C5H9NO2/c1-24-11-13(10-21-24)9-20-18-19-8-7-15(23-18)16-12-25-17(22-16)14-5-3-2-4-6-14;1-6-3-2-4(7)5(6)8/h2-8,10-12H,9H2,1H3,(H,19,20,23);4,7H,2-3H2,1H3. The van der Waals surface area contributed by atoms with Gasteiger partial charge < -0.3 is 15.3 Å². The Morgan fingerprint density at radius 2 is 1.97 bits per heavy atom. The van der Waals surface area contributed by atoms with E-state index < -0.39 is 6.10 Å². The number of likely N-dealkylation sites (N-methyl/N-ethyl adjacent to an activating group) is 1. The number of amides is 1. The number of aliphatic hydroxyl groups is 1. The van der Waals surface area contributed by atoms with Gasteiger partial charge in [0.25, 0.3) is 5.91 Å². The monoisotopic (exact) mass is 463 g/mol. The summed E-state index contributed by atoms with van der Waals surface area (Å²) in [5.74, 6) is 0.431. The van der Waals surface area contributed by atoms with Crippen LogP contribution < -0.4 is 5.32 Å². The fraction of sp³-hybridized carbons (Fsp3) is 0.261. The Bertz CT molecular complexity index is 1200. The molecule has 1 aliphatic rings. The minimum atomic E-state index is -0.722. The number of hydrogen-bond donors (Lipinski definition) is 2. The quantitative estimate of drug-likeness (QED) is 0.468. The lowest BCUT2D eigenvalue weighted by Crippen LogP contribution is -2.24. The molecule has 3 aromatic heterocycles. The minimum absolute atomic E-state index is 0.148. The summed E-state index contributed by atoms with van der Waals surface area (Å²) in [6.45, 7) is 1.32. The van der Waals surface area contributed by atoms with Gasteiger partial charge in [0, 0.05) is 56.1 Å². The number of hydrogen-bond acceptors (Lipinski definition) is 8. The third-order valence-corrected chi connectivity index (χ3v) is 5.94. The Labute approximate surface area is 195 Å². The predicted octanol–water partition coefficient (Wildman–Crippen LogP) is 2.82. The van der Waals surface area contributed by atoms with Crippen molar-refractivity contribution in [3.8, 4) is 22.0 Å². The number of carbonyl (C=O) groups is 1. The van der Waals surface area contributed by atoms with Crippen molar-refractivity contribution in [3.63, 3.8) is 0 Å². The van der Waals surface area contributed by atoms with Crippen molar-refractivity contribution in [1.29, 1.82) is 0 Å². The Kier molecular flexibility index (Phi) is 7.06. The van der Waals surface area contributed by atoms with Crippen LogP contribution in [0, 0.1) is 0 Å². The number of carbonyl (C=O) groups excluding carboxylic acids is 1. The summed E-state index contributed by atoms with van der Waals surface area (Å²) >= 11 is 1.61. The van der Waals surface area contributed by atoms with E-state index in [0.717, 1.165) is 27.5 Å². The summed E-state index contributed by atoms with van der Waals surface area (Å²) in [5, 5.41) is 19.2. The first-order valence-electron chi connectivity index (χ1n) is 10.5. The van der Waals surface area contributed by atoms with Gasteiger partial charge in [0.2, 0.25) is 5.95 Å². The maximum Gasteiger partial charge on any atom is 0.251 e. The lowest BCUT2D eigenvalue weighted by atomic mass is 10.2. The maximum atomic E-state index is 10.6. The van der Waals surface area contributed by atoms with Crippen molar-refractivity contribution in [2.45, 2.75) is 19.1 Å². The maximum absolute atomic E-state index is 10.6. The number of nitrogens with zero attached hydrogens (tertiary/aromatic N) is 6. The van der Waals surface area contributed by atoms with E-state index in [1.54, 1.807) is 29.3 Å². The number of aliphatic hydroxyl groups excluding tert-OH is 1. The molecule has 1 aliphatic heterocycles. The van der Waals surface area contributed by atoms with Crippen LogP contribution in [-0.4, -0.2) is 60.3 Å². The van der Waals surface area contributed by atoms with Crippen LogP contribution in [-0.2, 0) is 18.4 Å². The van der Waals surface area contributed by atoms with E-state index in [1.165, 1.54) is 4.90 Å². The second-order valence-corrected chi connectivity index (χ2v) is 8.47. The number of likely N-dealkylation sites (tertiary alicyclic amines) is 1. The van der Waals surface area contributed by atoms with Gasteiger partial charge >= 0.3 is 0 Å². The Morgan fingerprint density at radius 1 is 1.15 bits per heavy atom. The molecule has 2 N–H and O–H groups in total. The molecule has 0 spiro atoms. The van der Waals surface area contributed by atoms with Crippen molar-refractivity contribution in [2.75, 3.05) is 18.9 Å². The molecule has 5 rings (SSSR count). The van der Waals surface area contributed by atoms with Gasteiger partial charge in [0.05, 0.1) is 11.9 Å². The molecule has 1 aromatic carbocycles. The molecule has 1 atom stereocenters. The summed E-state index contributed by atoms with van der Waals surface area (Å²) in [7, 11) is 3.59. The highest BCUT2D eigenvalue weighted by molar-refractivity contribution is 7.13. The van der Waals surface area contributed by atoms with Gasteiger partial charge in [-0.3, -0.25) is 9.48 Å². The number of rotatable bonds is 5. The van der Waals surface area contributed by atoms with E-state index in [-0.39, 0.29) is 5.91 Å². The fourth-order valence-corrected chi connectivity index (χ4v) is 4.06. The molecule has 0 saturated carbocycles. The molecule has 170 valence electrons. The summed E-state index contributed by atoms with van der Waals surface area (Å²) < 4.78 is 1.77. The third-order valence-electron chi connectivity index (χ3n) is 5.05. The highest BCUT2D eigenvalue weighted by atomic mass is 32.1. The SMILES string of the molecule is CN1CCC(O)C1=O.Cn1cc(CNc2nccc(-c3csc(-c4ccccc4)n3)n2)cn1. The van der Waals surface area contributed by atoms with E-state index >= 15 is 0 Å². The molecule has 1 saturated heterocycles. The van der Waals surface area contributed by atoms with Crippen molar-refractivity contribution in [3.05, 3.63) is 65.9 Å². The van der Waals surface area contributed by atoms with Crippen LogP contribution in [0.5, 0.6) is 0 Å². The van der Waals surface area contributed by atoms with Gasteiger partial charge in [-0.05, 0) is 12.5 Å². The molecular formula is C23H25N7O2S. The lowest BCUT2D eigenvalue weighted by molar-refractivity contribution is -0.133. The average molecular weight is 464 g/mol. The number of anilines is 1. The number of aromatic nitrogens is 5. The highest BCUT2D eigenvalue weighted by Crippen LogP contribution is 2.28. The Balaban J connectivity index is 0.000000275. The number of nitrogens with one attached hydrogen (secondary N) is 1. The molecule has 4 aromatic rings. The van der Waals surface area contributed by atoms with E-state index in [9.17, 15) is 4.79 Å². The predicted molar refractivity (Wildman–Crippen MR) is 127 cm³/mol. The molecule has 10 heteroatoms. The van der Waals surface area contributed by atoms with E-state index in [2.05, 4.69) is 32.5 Å². The summed E-state index contributed by atoms with van der Waals surface area (Å²) in [4.78, 5) is 25.7. The molecule has 0 radical (unpaired) electrons. The first-order valence-corrected chi connectivity index (χ1v) is 11.4. The van der Waals surface area contributed by atoms with Gasteiger partial charge in [-0.1, -0.05) is 30.3 Å². The molecule has 4 heterocycles. The van der Waals surface area contributed by atoms with E-state index in [1.807, 2.05) is 49.1 Å². The fourth-order valence-electron chi connectivity index (χ4n) is 3.24. The van der Waals surface area contributed by atoms with Gasteiger partial charge in [-0.25, -0.2) is 15.0 Å². The van der Waals surface area contributed by atoms with Crippen molar-refractivity contribution in [2.24, 2.45) is 7.05 Å². The van der Waals surface area contributed by atoms with E-state index in [4.69, 9.17) is 10.1 Å². The first kappa shape index (κ1) is 22.6. The Hall–Kier alpha value is -3.63. The topological polar surface area (TPSA) is 109 Å². The highest BCUT2D eigenvalue weighted by Gasteiger charge is 2.26. The number of thiazole rings is 1. The van der Waals surface area contributed by atoms with Crippen molar-refractivity contribution < 1.29 is 9.90 Å². The molecular weight excluding hydrogens is 438 g/mol. The number of aryl methyl sites for hydroxylation is 1. The van der Waals surface area contributed by atoms with Gasteiger partial charge in [0.15, 0.2) is 0 Å². The normalized spacial score (nSPS) is 15.3. The average Bonchev–Trinajstić information content (AvgIpc) is 3.57. The summed E-state index contributed by atoms with van der Waals surface area (Å²) in [6, 6.07) is 12.0. The molecule has 0 bridgehead atoms. The second kappa shape index (κ2) is 10.3. The van der Waals surface area contributed by atoms with Crippen LogP contribution in [0.2, 0.25) is 0 Å². The summed E-state index contributed by atoms with van der Waals surface area (Å²) in [5.41, 5.74) is 3.86. The van der Waals surface area contributed by atoms with Crippen LogP contribution >= 0.6 is 11.3 Å². The van der Waals surface area contributed by atoms with Gasteiger partial charge in [0.1, 0.15) is 16.8 Å². The van der Waals surface area contributed by atoms with E-state index in [0.29, 0.717) is 25.5 Å². The minimum Gasteiger partial charge on any atom is -0.383 e. The lowest BCUT2D eigenvalue weighted by Gasteiger charge is -2.04. The number of benzene rings is 1. The molecule has 1 fully saturated rings. The first-order chi connectivity index (χ1) is 16.0. The molecule has 33 heavy (non-hydrogen) atoms. The van der Waals surface area contributed by atoms with Crippen molar-refractivity contribution in [1.82, 2.24) is 29.6 Å². The van der Waals surface area contributed by atoms with Crippen LogP contribution in [0.3, 0.4) is 0 Å². The molecule has 0 aliphatic carbocycles. The Morgan fingerprint density at radius 3 is 2.61 bits per heavy atom. The van der Waals surface area contributed by atoms with Crippen LogP contribution in [0.4, 0.5) is 5.95 Å². The molecule has 1 unspecified atom stereocenters.